The molecule has 0 aliphatic carbocycles. The summed E-state index contributed by atoms with van der Waals surface area (Å²) in [4.78, 5) is 2.79. The van der Waals surface area contributed by atoms with Crippen molar-refractivity contribution in [1.82, 2.24) is 4.98 Å². The monoisotopic (exact) mass is 464 g/mol. The van der Waals surface area contributed by atoms with Crippen molar-refractivity contribution in [3.63, 3.8) is 0 Å². The van der Waals surface area contributed by atoms with Crippen LogP contribution < -0.4 is 0 Å². The molecule has 1 aliphatic heterocycles. The van der Waals surface area contributed by atoms with Crippen molar-refractivity contribution >= 4 is 42.2 Å². The van der Waals surface area contributed by atoms with Crippen molar-refractivity contribution in [3.05, 3.63) is 72.9 Å². The van der Waals surface area contributed by atoms with Crippen LogP contribution in [0.25, 0.3) is 5.57 Å². The van der Waals surface area contributed by atoms with Gasteiger partial charge in [-0.25, -0.2) is 30.8 Å². The first-order chi connectivity index (χ1) is 13.9. The maximum Gasteiger partial charge on any atom is 0.792 e. The summed E-state index contributed by atoms with van der Waals surface area (Å²) in [5, 5.41) is 0.251. The van der Waals surface area contributed by atoms with Crippen molar-refractivity contribution < 1.29 is 30.8 Å². The summed E-state index contributed by atoms with van der Waals surface area (Å²) in [6, 6.07) is 0. The summed E-state index contributed by atoms with van der Waals surface area (Å²) in [6.45, 7) is 5.91. The van der Waals surface area contributed by atoms with Gasteiger partial charge in [0.05, 0.1) is 21.9 Å². The van der Waals surface area contributed by atoms with Gasteiger partial charge in [0.15, 0.2) is 34.7 Å². The van der Waals surface area contributed by atoms with Crippen LogP contribution in [-0.2, 0) is 0 Å². The van der Waals surface area contributed by atoms with Gasteiger partial charge in [-0.2, -0.15) is 0 Å². The van der Waals surface area contributed by atoms with E-state index in [9.17, 15) is 26.3 Å². The summed E-state index contributed by atoms with van der Waals surface area (Å²) >= 11 is 12.4. The molecule has 1 aromatic carbocycles. The van der Waals surface area contributed by atoms with E-state index in [1.165, 1.54) is 20.8 Å². The lowest BCUT2D eigenvalue weighted by Gasteiger charge is -2.14. The van der Waals surface area contributed by atoms with E-state index >= 15 is 0 Å². The molecule has 11 heteroatoms. The van der Waals surface area contributed by atoms with Crippen molar-refractivity contribution in [2.75, 3.05) is 0 Å². The van der Waals surface area contributed by atoms with E-state index in [1.54, 1.807) is 6.92 Å². The molecule has 0 saturated heterocycles. The number of H-pyrrole nitrogens is 1. The summed E-state index contributed by atoms with van der Waals surface area (Å²) < 4.78 is 85.9. The predicted octanol–water partition coefficient (Wildman–Crippen LogP) is 6.24. The molecule has 1 radical (unpaired) electrons. The minimum absolute atomic E-state index is 0.0407. The Labute approximate surface area is 178 Å². The second-order valence-electron chi connectivity index (χ2n) is 6.72. The average Bonchev–Trinajstić information content (AvgIpc) is 3.09. The lowest BCUT2D eigenvalue weighted by molar-refractivity contribution is -0.320. The molecular weight excluding hydrogens is 452 g/mol. The number of aryl methyl sites for hydroxylation is 1. The fourth-order valence-corrected chi connectivity index (χ4v) is 3.74. The summed E-state index contributed by atoms with van der Waals surface area (Å²) in [6.07, 6.45) is 0. The Bertz CT molecular complexity index is 1170. The molecule has 1 aliphatic rings. The Balaban J connectivity index is 2.61. The third-order valence-corrected chi connectivity index (χ3v) is 6.12. The molecule has 157 valence electrons. The molecule has 0 saturated carbocycles. The number of aromatic nitrogens is 1. The zero-order chi connectivity index (χ0) is 22.7. The normalized spacial score (nSPS) is 16.1. The van der Waals surface area contributed by atoms with Gasteiger partial charge in [0.1, 0.15) is 5.03 Å². The van der Waals surface area contributed by atoms with Crippen LogP contribution in [0.2, 0.25) is 5.02 Å². The molecule has 0 fully saturated rings. The van der Waals surface area contributed by atoms with E-state index in [1.807, 2.05) is 0 Å². The van der Waals surface area contributed by atoms with Crippen molar-refractivity contribution in [1.29, 1.82) is 0 Å². The molecule has 0 atom stereocenters. The predicted molar refractivity (Wildman–Crippen MR) is 104 cm³/mol. The molecule has 0 spiro atoms. The number of rotatable bonds is 3. The molecule has 3 rings (SSSR count). The molecule has 1 N–H and O–H groups in total. The first-order valence-corrected chi connectivity index (χ1v) is 9.25. The average molecular weight is 465 g/mol. The molecule has 2 nitrogen and oxygen atoms in total. The Hall–Kier alpha value is -2.13. The Morgan fingerprint density at radius 3 is 1.80 bits per heavy atom. The van der Waals surface area contributed by atoms with Crippen molar-refractivity contribution in [3.8, 4) is 0 Å². The Morgan fingerprint density at radius 1 is 0.867 bits per heavy atom. The van der Waals surface area contributed by atoms with Gasteiger partial charge in [-0.3, -0.25) is 0 Å². The third kappa shape index (κ3) is 3.10. The summed E-state index contributed by atoms with van der Waals surface area (Å²) in [5.74, 6) is -10.7. The minimum atomic E-state index is -2.30. The first kappa shape index (κ1) is 22.6. The molecule has 0 amide bonds. The van der Waals surface area contributed by atoms with E-state index in [0.29, 0.717) is 5.69 Å². The second-order valence-corrected chi connectivity index (χ2v) is 7.48. The SMILES string of the molecule is CC1=C(Cl)C(C)=[N+]([B]F)/C1=C(\c1[nH]c(C)c(Cl)c1C)c1c(F)c(F)c(F)c(F)c1F. The molecule has 1 aromatic heterocycles. The van der Waals surface area contributed by atoms with Crippen LogP contribution in [0, 0.1) is 42.9 Å². The van der Waals surface area contributed by atoms with Crippen LogP contribution >= 0.6 is 23.2 Å². The van der Waals surface area contributed by atoms with Crippen LogP contribution in [0.4, 0.5) is 26.3 Å². The molecule has 30 heavy (non-hydrogen) atoms. The van der Waals surface area contributed by atoms with E-state index < -0.39 is 40.2 Å². The van der Waals surface area contributed by atoms with E-state index in [0.717, 1.165) is 4.49 Å². The van der Waals surface area contributed by atoms with Gasteiger partial charge in [-0.05, 0) is 26.3 Å². The number of allylic oxidation sites excluding steroid dienone is 2. The van der Waals surface area contributed by atoms with Crippen LogP contribution in [-0.4, -0.2) is 22.9 Å². The number of nitrogens with zero attached hydrogens (tertiary/aromatic N) is 1. The quantitative estimate of drug-likeness (QED) is 0.240. The zero-order valence-corrected chi connectivity index (χ0v) is 17.6. The standard InChI is InChI=1S/C19H13BCl2F6N2/c1-5-11(21)7(3)29-18(5)10(19-6(2)12(22)8(4)30(19)20-28)9-13(23)15(25)17(27)16(26)14(9)24/h29H,1-4H3/q+1. The number of aromatic amines is 1. The van der Waals surface area contributed by atoms with Gasteiger partial charge in [0.2, 0.25) is 5.82 Å². The van der Waals surface area contributed by atoms with E-state index in [4.69, 9.17) is 23.2 Å². The van der Waals surface area contributed by atoms with Gasteiger partial charge >= 0.3 is 7.69 Å². The maximum absolute atomic E-state index is 14.8. The third-order valence-electron chi connectivity index (χ3n) is 4.99. The molecule has 0 unspecified atom stereocenters. The van der Waals surface area contributed by atoms with Gasteiger partial charge in [0, 0.05) is 18.2 Å². The summed E-state index contributed by atoms with van der Waals surface area (Å²) in [7, 11) is 0.0856. The lowest BCUT2D eigenvalue weighted by Crippen LogP contribution is -2.19. The maximum atomic E-state index is 14.8. The van der Waals surface area contributed by atoms with Crippen LogP contribution in [0.15, 0.2) is 16.3 Å². The molecule has 2 heterocycles. The van der Waals surface area contributed by atoms with Crippen LogP contribution in [0.3, 0.4) is 0 Å². The highest BCUT2D eigenvalue weighted by Crippen LogP contribution is 2.42. The molecule has 0 bridgehead atoms. The molecule has 2 aromatic rings. The largest absolute Gasteiger partial charge is 0.792 e. The van der Waals surface area contributed by atoms with Crippen molar-refractivity contribution in [2.24, 2.45) is 0 Å². The van der Waals surface area contributed by atoms with Gasteiger partial charge in [-0.15, -0.1) is 0 Å². The van der Waals surface area contributed by atoms with Gasteiger partial charge < -0.3 is 4.98 Å². The number of benzene rings is 1. The highest BCUT2D eigenvalue weighted by atomic mass is 35.5. The number of halogens is 8. The zero-order valence-electron chi connectivity index (χ0n) is 16.0. The van der Waals surface area contributed by atoms with Crippen LogP contribution in [0.5, 0.6) is 0 Å². The fourth-order valence-electron chi connectivity index (χ4n) is 3.42. The van der Waals surface area contributed by atoms with E-state index in [2.05, 4.69) is 4.98 Å². The summed E-state index contributed by atoms with van der Waals surface area (Å²) in [5.41, 5.74) is -0.944. The van der Waals surface area contributed by atoms with Crippen LogP contribution in [0.1, 0.15) is 36.4 Å². The Morgan fingerprint density at radius 2 is 1.37 bits per heavy atom. The molecular formula is C19H13BCl2F6N2+. The number of nitrogens with one attached hydrogen (secondary N) is 1. The highest BCUT2D eigenvalue weighted by molar-refractivity contribution is 6.44. The van der Waals surface area contributed by atoms with E-state index in [-0.39, 0.29) is 46.0 Å². The fraction of sp³-hybridized carbons (Fsp3) is 0.211. The topological polar surface area (TPSA) is 18.8 Å². The highest BCUT2D eigenvalue weighted by Gasteiger charge is 2.40. The minimum Gasteiger partial charge on any atom is -0.357 e. The smallest absolute Gasteiger partial charge is 0.357 e. The number of hydrogen-bond donors (Lipinski definition) is 1. The lowest BCUT2D eigenvalue weighted by atomic mass is 9.93. The number of hydrogen-bond acceptors (Lipinski definition) is 0. The Kier molecular flexibility index (Phi) is 5.90. The van der Waals surface area contributed by atoms with Gasteiger partial charge in [0.25, 0.3) is 0 Å². The van der Waals surface area contributed by atoms with Crippen molar-refractivity contribution in [2.45, 2.75) is 27.7 Å². The van der Waals surface area contributed by atoms with Gasteiger partial charge in [-0.1, -0.05) is 23.2 Å². The second kappa shape index (κ2) is 7.85. The first-order valence-electron chi connectivity index (χ1n) is 8.50.